The van der Waals surface area contributed by atoms with Gasteiger partial charge in [0.25, 0.3) is 0 Å². The van der Waals surface area contributed by atoms with Crippen LogP contribution in [0.4, 0.5) is 15.9 Å². The summed E-state index contributed by atoms with van der Waals surface area (Å²) in [6, 6.07) is 14.9. The zero-order valence-electron chi connectivity index (χ0n) is 14.3. The van der Waals surface area contributed by atoms with Crippen molar-refractivity contribution >= 4 is 44.7 Å². The Balaban J connectivity index is 1.75. The van der Waals surface area contributed by atoms with Crippen LogP contribution in [0, 0.1) is 5.82 Å². The van der Waals surface area contributed by atoms with Gasteiger partial charge in [0, 0.05) is 23.2 Å². The summed E-state index contributed by atoms with van der Waals surface area (Å²) in [4.78, 5) is 12.1. The minimum atomic E-state index is -0.247. The molecule has 1 aliphatic heterocycles. The molecule has 0 bridgehead atoms. The predicted molar refractivity (Wildman–Crippen MR) is 110 cm³/mol. The Kier molecular flexibility index (Phi) is 4.06. The summed E-state index contributed by atoms with van der Waals surface area (Å²) in [5, 5.41) is 3.25. The van der Waals surface area contributed by atoms with Crippen LogP contribution in [-0.2, 0) is 6.42 Å². The first kappa shape index (κ1) is 16.7. The second-order valence-electron chi connectivity index (χ2n) is 6.54. The molecule has 3 nitrogen and oxygen atoms in total. The van der Waals surface area contributed by atoms with E-state index in [0.717, 1.165) is 52.2 Å². The lowest BCUT2D eigenvalue weighted by atomic mass is 10.0. The number of thiophene rings is 1. The van der Waals surface area contributed by atoms with Gasteiger partial charge in [-0.2, -0.15) is 4.98 Å². The first-order chi connectivity index (χ1) is 13.2. The summed E-state index contributed by atoms with van der Waals surface area (Å²) in [6.07, 6.45) is 2.11. The van der Waals surface area contributed by atoms with Gasteiger partial charge in [0.15, 0.2) is 0 Å². The molecule has 2 aromatic carbocycles. The SMILES string of the molecule is Fc1ccc(-c2csc3nc(Cl)nc(N4CCCc5ccccc54)c23)cc1. The largest absolute Gasteiger partial charge is 0.325 e. The van der Waals surface area contributed by atoms with E-state index < -0.39 is 0 Å². The third-order valence-corrected chi connectivity index (χ3v) is 5.95. The van der Waals surface area contributed by atoms with Gasteiger partial charge in [0.1, 0.15) is 16.5 Å². The quantitative estimate of drug-likeness (QED) is 0.376. The number of hydrogen-bond donors (Lipinski definition) is 0. The van der Waals surface area contributed by atoms with Crippen LogP contribution in [0.5, 0.6) is 0 Å². The molecule has 0 aliphatic carbocycles. The molecule has 0 atom stereocenters. The number of nitrogens with zero attached hydrogens (tertiary/aromatic N) is 3. The number of anilines is 2. The Bertz CT molecular complexity index is 1140. The molecule has 0 amide bonds. The fourth-order valence-corrected chi connectivity index (χ4v) is 4.85. The van der Waals surface area contributed by atoms with Gasteiger partial charge in [-0.15, -0.1) is 11.3 Å². The van der Waals surface area contributed by atoms with Gasteiger partial charge < -0.3 is 4.90 Å². The van der Waals surface area contributed by atoms with Crippen molar-refractivity contribution in [1.29, 1.82) is 0 Å². The molecular formula is C21H15ClFN3S. The van der Waals surface area contributed by atoms with E-state index in [4.69, 9.17) is 11.6 Å². The summed E-state index contributed by atoms with van der Waals surface area (Å²) >= 11 is 7.79. The van der Waals surface area contributed by atoms with Crippen molar-refractivity contribution in [3.05, 3.63) is 70.6 Å². The highest BCUT2D eigenvalue weighted by atomic mass is 35.5. The van der Waals surface area contributed by atoms with Crippen molar-refractivity contribution in [2.45, 2.75) is 12.8 Å². The van der Waals surface area contributed by atoms with Crippen molar-refractivity contribution in [1.82, 2.24) is 9.97 Å². The minimum Gasteiger partial charge on any atom is -0.325 e. The molecule has 6 heteroatoms. The van der Waals surface area contributed by atoms with Gasteiger partial charge in [-0.25, -0.2) is 9.37 Å². The lowest BCUT2D eigenvalue weighted by molar-refractivity contribution is 0.628. The average Bonchev–Trinajstić information content (AvgIpc) is 3.11. The van der Waals surface area contributed by atoms with Crippen LogP contribution in [0.25, 0.3) is 21.3 Å². The molecule has 0 fully saturated rings. The molecule has 0 saturated heterocycles. The van der Waals surface area contributed by atoms with Gasteiger partial charge in [-0.3, -0.25) is 0 Å². The number of hydrogen-bond acceptors (Lipinski definition) is 4. The molecule has 0 spiro atoms. The van der Waals surface area contributed by atoms with Gasteiger partial charge in [-0.1, -0.05) is 30.3 Å². The molecule has 1 aliphatic rings. The number of benzene rings is 2. The molecule has 3 heterocycles. The highest BCUT2D eigenvalue weighted by Gasteiger charge is 2.24. The van der Waals surface area contributed by atoms with Crippen LogP contribution in [-0.4, -0.2) is 16.5 Å². The van der Waals surface area contributed by atoms with Gasteiger partial charge in [0.05, 0.1) is 5.39 Å². The van der Waals surface area contributed by atoms with Crippen LogP contribution in [0.1, 0.15) is 12.0 Å². The Morgan fingerprint density at radius 3 is 2.70 bits per heavy atom. The van der Waals surface area contributed by atoms with Crippen molar-refractivity contribution in [2.75, 3.05) is 11.4 Å². The Hall–Kier alpha value is -2.50. The van der Waals surface area contributed by atoms with Crippen LogP contribution in [0.2, 0.25) is 5.28 Å². The summed E-state index contributed by atoms with van der Waals surface area (Å²) in [7, 11) is 0. The molecule has 0 unspecified atom stereocenters. The fraction of sp³-hybridized carbons (Fsp3) is 0.143. The molecule has 2 aromatic heterocycles. The van der Waals surface area contributed by atoms with E-state index in [9.17, 15) is 4.39 Å². The third kappa shape index (κ3) is 2.87. The second kappa shape index (κ2) is 6.59. The number of para-hydroxylation sites is 1. The first-order valence-electron chi connectivity index (χ1n) is 8.77. The van der Waals surface area contributed by atoms with E-state index >= 15 is 0 Å². The predicted octanol–water partition coefficient (Wildman–Crippen LogP) is 6.24. The van der Waals surface area contributed by atoms with E-state index in [2.05, 4.69) is 33.1 Å². The Morgan fingerprint density at radius 2 is 1.85 bits per heavy atom. The molecule has 27 heavy (non-hydrogen) atoms. The van der Waals surface area contributed by atoms with E-state index in [0.29, 0.717) is 0 Å². The van der Waals surface area contributed by atoms with E-state index in [1.165, 1.54) is 29.0 Å². The summed E-state index contributed by atoms with van der Waals surface area (Å²) in [5.41, 5.74) is 4.42. The Labute approximate surface area is 165 Å². The van der Waals surface area contributed by atoms with Crippen molar-refractivity contribution in [3.63, 3.8) is 0 Å². The maximum Gasteiger partial charge on any atom is 0.225 e. The first-order valence-corrected chi connectivity index (χ1v) is 10.0. The molecular weight excluding hydrogens is 381 g/mol. The van der Waals surface area contributed by atoms with Crippen LogP contribution < -0.4 is 4.90 Å². The van der Waals surface area contributed by atoms with Crippen LogP contribution in [0.3, 0.4) is 0 Å². The average molecular weight is 396 g/mol. The molecule has 4 aromatic rings. The number of aryl methyl sites for hydroxylation is 1. The number of rotatable bonds is 2. The van der Waals surface area contributed by atoms with Crippen molar-refractivity contribution in [2.24, 2.45) is 0 Å². The Morgan fingerprint density at radius 1 is 1.04 bits per heavy atom. The third-order valence-electron chi connectivity index (χ3n) is 4.91. The second-order valence-corrected chi connectivity index (χ2v) is 7.73. The zero-order chi connectivity index (χ0) is 18.4. The standard InChI is InChI=1S/C21H15ClFN3S/c22-21-24-19(26-11-3-5-14-4-1-2-6-17(14)26)18-16(12-27-20(18)25-21)13-7-9-15(23)10-8-13/h1-2,4,6-10,12H,3,5,11H2. The molecule has 0 N–H and O–H groups in total. The van der Waals surface area contributed by atoms with E-state index in [1.54, 1.807) is 12.1 Å². The normalized spacial score (nSPS) is 13.8. The number of aromatic nitrogens is 2. The monoisotopic (exact) mass is 395 g/mol. The number of fused-ring (bicyclic) bond motifs is 2. The minimum absolute atomic E-state index is 0.244. The van der Waals surface area contributed by atoms with E-state index in [1.807, 2.05) is 11.4 Å². The fourth-order valence-electron chi connectivity index (χ4n) is 3.69. The van der Waals surface area contributed by atoms with Gasteiger partial charge in [0.2, 0.25) is 5.28 Å². The van der Waals surface area contributed by atoms with Crippen molar-refractivity contribution in [3.8, 4) is 11.1 Å². The smallest absolute Gasteiger partial charge is 0.225 e. The molecule has 0 saturated carbocycles. The highest BCUT2D eigenvalue weighted by Crippen LogP contribution is 2.42. The molecule has 0 radical (unpaired) electrons. The highest BCUT2D eigenvalue weighted by molar-refractivity contribution is 7.17. The van der Waals surface area contributed by atoms with E-state index in [-0.39, 0.29) is 11.1 Å². The van der Waals surface area contributed by atoms with Crippen molar-refractivity contribution < 1.29 is 4.39 Å². The van der Waals surface area contributed by atoms with Gasteiger partial charge >= 0.3 is 0 Å². The van der Waals surface area contributed by atoms with Gasteiger partial charge in [-0.05, 0) is 53.8 Å². The molecule has 134 valence electrons. The maximum atomic E-state index is 13.4. The van der Waals surface area contributed by atoms with Crippen LogP contribution in [0.15, 0.2) is 53.9 Å². The topological polar surface area (TPSA) is 29.0 Å². The lowest BCUT2D eigenvalue weighted by Crippen LogP contribution is -2.25. The zero-order valence-corrected chi connectivity index (χ0v) is 15.9. The van der Waals surface area contributed by atoms with Crippen LogP contribution >= 0.6 is 22.9 Å². The molecule has 5 rings (SSSR count). The lowest BCUT2D eigenvalue weighted by Gasteiger charge is -2.31. The number of halogens is 2. The maximum absolute atomic E-state index is 13.4. The summed E-state index contributed by atoms with van der Waals surface area (Å²) in [5.74, 6) is 0.570. The summed E-state index contributed by atoms with van der Waals surface area (Å²) in [6.45, 7) is 0.873. The summed E-state index contributed by atoms with van der Waals surface area (Å²) < 4.78 is 13.4.